The van der Waals surface area contributed by atoms with E-state index in [4.69, 9.17) is 4.74 Å². The molecule has 0 aliphatic carbocycles. The number of nitrogens with one attached hydrogen (secondary N) is 1. The summed E-state index contributed by atoms with van der Waals surface area (Å²) in [5.41, 5.74) is 0. The van der Waals surface area contributed by atoms with Crippen molar-refractivity contribution < 1.29 is 19.1 Å². The van der Waals surface area contributed by atoms with Crippen LogP contribution in [0.2, 0.25) is 0 Å². The van der Waals surface area contributed by atoms with E-state index in [9.17, 15) is 9.59 Å². The van der Waals surface area contributed by atoms with Gasteiger partial charge in [0.25, 0.3) is 0 Å². The Balaban J connectivity index is 3.33. The van der Waals surface area contributed by atoms with Crippen LogP contribution in [0.3, 0.4) is 0 Å². The second-order valence-corrected chi connectivity index (χ2v) is 2.37. The van der Waals surface area contributed by atoms with Gasteiger partial charge in [0.2, 0.25) is 5.91 Å². The molecule has 0 atom stereocenters. The summed E-state index contributed by atoms with van der Waals surface area (Å²) in [5.74, 6) is -0.526. The largest absolute Gasteiger partial charge is 0.464 e. The maximum absolute atomic E-state index is 10.7. The summed E-state index contributed by atoms with van der Waals surface area (Å²) in [4.78, 5) is 21.4. The third-order valence-electron chi connectivity index (χ3n) is 1.03. The lowest BCUT2D eigenvalue weighted by Gasteiger charge is -2.03. The van der Waals surface area contributed by atoms with Gasteiger partial charge in [-0.15, -0.1) is 0 Å². The van der Waals surface area contributed by atoms with Crippen molar-refractivity contribution in [3.63, 3.8) is 0 Å². The number of ether oxygens (including phenoxy) is 2. The fourth-order valence-corrected chi connectivity index (χ4v) is 0.745. The normalized spacial score (nSPS) is 9.38. The van der Waals surface area contributed by atoms with Crippen molar-refractivity contribution in [1.82, 2.24) is 5.32 Å². The Kier molecular flexibility index (Phi) is 7.42. The lowest BCUT2D eigenvalue weighted by atomic mass is 10.6. The molecule has 1 amide bonds. The summed E-state index contributed by atoms with van der Waals surface area (Å²) in [7, 11) is 0. The molecule has 0 aromatic heterocycles. The molecule has 0 aliphatic rings. The van der Waals surface area contributed by atoms with Gasteiger partial charge in [-0.05, 0) is 6.92 Å². The predicted molar refractivity (Wildman–Crippen MR) is 49.4 cm³/mol. The van der Waals surface area contributed by atoms with Crippen molar-refractivity contribution in [2.75, 3.05) is 25.7 Å². The van der Waals surface area contributed by atoms with E-state index in [1.165, 1.54) is 0 Å². The fourth-order valence-electron chi connectivity index (χ4n) is 0.569. The highest BCUT2D eigenvalue weighted by molar-refractivity contribution is 7.80. The zero-order valence-electron chi connectivity index (χ0n) is 7.41. The average molecular weight is 207 g/mol. The molecule has 1 N–H and O–H groups in total. The molecule has 0 radical (unpaired) electrons. The standard InChI is InChI=1S/C7H13NO4S/c1-2-12-7(10)4-11-3-6(9)8-5-13/h13H,2-5H2,1H3,(H,8,9). The predicted octanol–water partition coefficient (Wildman–Crippen LogP) is -0.430. The Bertz CT molecular complexity index is 156. The molecule has 0 saturated carbocycles. The first-order valence-electron chi connectivity index (χ1n) is 3.81. The summed E-state index contributed by atoms with van der Waals surface area (Å²) in [6.07, 6.45) is 0. The minimum atomic E-state index is -0.471. The van der Waals surface area contributed by atoms with Gasteiger partial charge in [-0.25, -0.2) is 4.79 Å². The zero-order valence-corrected chi connectivity index (χ0v) is 8.30. The van der Waals surface area contributed by atoms with Gasteiger partial charge >= 0.3 is 5.97 Å². The summed E-state index contributed by atoms with van der Waals surface area (Å²) in [6.45, 7) is 1.66. The number of esters is 1. The topological polar surface area (TPSA) is 64.6 Å². The SMILES string of the molecule is CCOC(=O)COCC(=O)NCS. The van der Waals surface area contributed by atoms with Crippen LogP contribution < -0.4 is 5.32 Å². The van der Waals surface area contributed by atoms with E-state index in [1.807, 2.05) is 0 Å². The number of amides is 1. The average Bonchev–Trinajstić information content (AvgIpc) is 2.05. The summed E-state index contributed by atoms with van der Waals surface area (Å²) in [5, 5.41) is 2.40. The molecule has 0 spiro atoms. The summed E-state index contributed by atoms with van der Waals surface area (Å²) in [6, 6.07) is 0. The molecular formula is C7H13NO4S. The first kappa shape index (κ1) is 12.2. The minimum Gasteiger partial charge on any atom is -0.464 e. The molecule has 0 aromatic rings. The van der Waals surface area contributed by atoms with Crippen molar-refractivity contribution in [2.24, 2.45) is 0 Å². The molecule has 13 heavy (non-hydrogen) atoms. The Hall–Kier alpha value is -0.750. The monoisotopic (exact) mass is 207 g/mol. The first-order valence-corrected chi connectivity index (χ1v) is 4.44. The number of carbonyl (C=O) groups excluding carboxylic acids is 2. The van der Waals surface area contributed by atoms with Crippen molar-refractivity contribution in [1.29, 1.82) is 0 Å². The third kappa shape index (κ3) is 7.61. The van der Waals surface area contributed by atoms with E-state index >= 15 is 0 Å². The second-order valence-electron chi connectivity index (χ2n) is 2.06. The van der Waals surface area contributed by atoms with E-state index in [0.717, 1.165) is 0 Å². The molecule has 6 heteroatoms. The van der Waals surface area contributed by atoms with Crippen molar-refractivity contribution >= 4 is 24.5 Å². The van der Waals surface area contributed by atoms with Crippen LogP contribution in [0.4, 0.5) is 0 Å². The molecular weight excluding hydrogens is 194 g/mol. The summed E-state index contributed by atoms with van der Waals surface area (Å²) >= 11 is 3.78. The Labute approximate surface area is 82.2 Å². The molecule has 0 fully saturated rings. The van der Waals surface area contributed by atoms with E-state index in [1.54, 1.807) is 6.92 Å². The smallest absolute Gasteiger partial charge is 0.332 e. The lowest BCUT2D eigenvalue weighted by molar-refractivity contribution is -0.149. The molecule has 0 saturated heterocycles. The molecule has 0 aliphatic heterocycles. The van der Waals surface area contributed by atoms with E-state index in [-0.39, 0.29) is 25.0 Å². The Morgan fingerprint density at radius 2 is 2.08 bits per heavy atom. The van der Waals surface area contributed by atoms with Gasteiger partial charge in [0.1, 0.15) is 13.2 Å². The van der Waals surface area contributed by atoms with Gasteiger partial charge in [0, 0.05) is 0 Å². The summed E-state index contributed by atoms with van der Waals surface area (Å²) < 4.78 is 9.31. The van der Waals surface area contributed by atoms with Crippen LogP contribution >= 0.6 is 12.6 Å². The van der Waals surface area contributed by atoms with Crippen LogP contribution in [0.5, 0.6) is 0 Å². The van der Waals surface area contributed by atoms with Gasteiger partial charge in [-0.1, -0.05) is 0 Å². The van der Waals surface area contributed by atoms with Crippen LogP contribution in [0.15, 0.2) is 0 Å². The number of thiol groups is 1. The van der Waals surface area contributed by atoms with Crippen LogP contribution in [-0.2, 0) is 19.1 Å². The van der Waals surface area contributed by atoms with Crippen LogP contribution in [-0.4, -0.2) is 37.6 Å². The molecule has 0 unspecified atom stereocenters. The Morgan fingerprint density at radius 3 is 2.62 bits per heavy atom. The lowest BCUT2D eigenvalue weighted by Crippen LogP contribution is -2.27. The van der Waals surface area contributed by atoms with Gasteiger partial charge < -0.3 is 14.8 Å². The zero-order chi connectivity index (χ0) is 10.1. The van der Waals surface area contributed by atoms with Gasteiger partial charge in [-0.3, -0.25) is 4.79 Å². The highest BCUT2D eigenvalue weighted by Gasteiger charge is 2.03. The molecule has 0 rings (SSSR count). The molecule has 0 bridgehead atoms. The molecule has 76 valence electrons. The van der Waals surface area contributed by atoms with Crippen molar-refractivity contribution in [2.45, 2.75) is 6.92 Å². The van der Waals surface area contributed by atoms with Gasteiger partial charge in [-0.2, -0.15) is 12.6 Å². The van der Waals surface area contributed by atoms with Crippen LogP contribution in [0, 0.1) is 0 Å². The van der Waals surface area contributed by atoms with E-state index in [0.29, 0.717) is 6.61 Å². The third-order valence-corrected chi connectivity index (χ3v) is 1.19. The first-order chi connectivity index (χ1) is 6.20. The molecule has 0 heterocycles. The van der Waals surface area contributed by atoms with E-state index in [2.05, 4.69) is 22.7 Å². The van der Waals surface area contributed by atoms with Crippen molar-refractivity contribution in [3.8, 4) is 0 Å². The number of rotatable bonds is 6. The van der Waals surface area contributed by atoms with Crippen LogP contribution in [0.1, 0.15) is 6.92 Å². The molecule has 5 nitrogen and oxygen atoms in total. The minimum absolute atomic E-state index is 0.153. The number of carbonyl (C=O) groups is 2. The Morgan fingerprint density at radius 1 is 1.38 bits per heavy atom. The second kappa shape index (κ2) is 7.88. The molecule has 0 aromatic carbocycles. The maximum atomic E-state index is 10.7. The quantitative estimate of drug-likeness (QED) is 0.352. The van der Waals surface area contributed by atoms with Gasteiger partial charge in [0.05, 0.1) is 12.5 Å². The highest BCUT2D eigenvalue weighted by atomic mass is 32.1. The van der Waals surface area contributed by atoms with Crippen LogP contribution in [0.25, 0.3) is 0 Å². The fraction of sp³-hybridized carbons (Fsp3) is 0.714. The van der Waals surface area contributed by atoms with Gasteiger partial charge in [0.15, 0.2) is 0 Å². The van der Waals surface area contributed by atoms with E-state index < -0.39 is 5.97 Å². The highest BCUT2D eigenvalue weighted by Crippen LogP contribution is 1.81. The maximum Gasteiger partial charge on any atom is 0.332 e. The number of hydrogen-bond acceptors (Lipinski definition) is 5. The number of hydrogen-bond donors (Lipinski definition) is 2. The van der Waals surface area contributed by atoms with Crippen molar-refractivity contribution in [3.05, 3.63) is 0 Å².